The number of rotatable bonds is 5. The van der Waals surface area contributed by atoms with Gasteiger partial charge in [-0.1, -0.05) is 36.0 Å². The van der Waals surface area contributed by atoms with E-state index in [0.29, 0.717) is 45.3 Å². The minimum absolute atomic E-state index is 0.103. The summed E-state index contributed by atoms with van der Waals surface area (Å²) >= 11 is 2.88. The van der Waals surface area contributed by atoms with Crippen molar-refractivity contribution < 1.29 is 14.3 Å². The van der Waals surface area contributed by atoms with Gasteiger partial charge < -0.3 is 4.74 Å². The van der Waals surface area contributed by atoms with E-state index in [0.717, 1.165) is 21.7 Å². The third-order valence-corrected chi connectivity index (χ3v) is 8.78. The summed E-state index contributed by atoms with van der Waals surface area (Å²) in [5.41, 5.74) is 3.22. The summed E-state index contributed by atoms with van der Waals surface area (Å²) in [6.45, 7) is 6.75. The molecule has 6 rings (SSSR count). The number of carbonyl (C=O) groups excluding carboxylic acids is 2. The molecule has 2 amide bonds. The van der Waals surface area contributed by atoms with Crippen molar-refractivity contribution in [1.82, 2.24) is 14.5 Å². The number of thioether (sulfide) groups is 1. The molecule has 2 aromatic carbocycles. The molecule has 4 aromatic rings. The maximum Gasteiger partial charge on any atom is 0.267 e. The Bertz CT molecular complexity index is 1620. The quantitative estimate of drug-likeness (QED) is 0.205. The number of amides is 2. The Morgan fingerprint density at radius 3 is 2.49 bits per heavy atom. The molecular formula is C28H25N3O4S2. The molecule has 2 aromatic heterocycles. The van der Waals surface area contributed by atoms with Crippen molar-refractivity contribution in [2.75, 3.05) is 12.3 Å². The lowest BCUT2D eigenvalue weighted by molar-refractivity contribution is -0.0379. The van der Waals surface area contributed by atoms with Crippen LogP contribution in [-0.2, 0) is 17.8 Å². The van der Waals surface area contributed by atoms with Gasteiger partial charge in [0.25, 0.3) is 17.4 Å². The summed E-state index contributed by atoms with van der Waals surface area (Å²) in [7, 11) is 0. The van der Waals surface area contributed by atoms with Crippen LogP contribution < -0.4 is 5.56 Å². The van der Waals surface area contributed by atoms with Crippen LogP contribution in [0.2, 0.25) is 0 Å². The van der Waals surface area contributed by atoms with Gasteiger partial charge in [-0.25, -0.2) is 4.98 Å². The number of hydrogen-bond donors (Lipinski definition) is 0. The van der Waals surface area contributed by atoms with Crippen LogP contribution in [0.3, 0.4) is 0 Å². The number of thiophene rings is 1. The number of nitrogens with zero attached hydrogens (tertiary/aromatic N) is 3. The zero-order valence-electron chi connectivity index (χ0n) is 20.7. The van der Waals surface area contributed by atoms with Crippen LogP contribution in [0.15, 0.2) is 58.5 Å². The van der Waals surface area contributed by atoms with Crippen molar-refractivity contribution in [1.29, 1.82) is 0 Å². The van der Waals surface area contributed by atoms with E-state index in [-0.39, 0.29) is 29.5 Å². The second-order valence-corrected chi connectivity index (χ2v) is 12.1. The second kappa shape index (κ2) is 8.93. The lowest BCUT2D eigenvalue weighted by atomic mass is 9.94. The number of hydrogen-bond acceptors (Lipinski definition) is 7. The predicted molar refractivity (Wildman–Crippen MR) is 145 cm³/mol. The molecule has 0 aliphatic carbocycles. The van der Waals surface area contributed by atoms with E-state index < -0.39 is 0 Å². The molecule has 0 saturated heterocycles. The Hall–Kier alpha value is -3.27. The summed E-state index contributed by atoms with van der Waals surface area (Å²) in [6, 6.07) is 14.7. The van der Waals surface area contributed by atoms with Gasteiger partial charge >= 0.3 is 0 Å². The fourth-order valence-electron chi connectivity index (χ4n) is 4.94. The van der Waals surface area contributed by atoms with Crippen LogP contribution in [0.25, 0.3) is 15.9 Å². The number of aryl methyl sites for hydroxylation is 1. The monoisotopic (exact) mass is 531 g/mol. The molecule has 0 fully saturated rings. The first-order valence-electron chi connectivity index (χ1n) is 12.1. The topological polar surface area (TPSA) is 81.5 Å². The molecule has 0 radical (unpaired) electrons. The summed E-state index contributed by atoms with van der Waals surface area (Å²) in [5.74, 6) is -0.153. The van der Waals surface area contributed by atoms with Gasteiger partial charge in [0, 0.05) is 23.6 Å². The number of carbonyl (C=O) groups is 2. The Morgan fingerprint density at radius 1 is 1.05 bits per heavy atom. The number of aromatic nitrogens is 2. The van der Waals surface area contributed by atoms with Crippen molar-refractivity contribution >= 4 is 45.1 Å². The Labute approximate surface area is 222 Å². The van der Waals surface area contributed by atoms with E-state index in [1.165, 1.54) is 28.0 Å². The summed E-state index contributed by atoms with van der Waals surface area (Å²) in [5, 5.41) is 1.20. The van der Waals surface area contributed by atoms with Crippen LogP contribution in [0.4, 0.5) is 0 Å². The summed E-state index contributed by atoms with van der Waals surface area (Å²) in [6.07, 6.45) is 0.652. The van der Waals surface area contributed by atoms with Gasteiger partial charge in [0.05, 0.1) is 34.4 Å². The summed E-state index contributed by atoms with van der Waals surface area (Å²) in [4.78, 5) is 47.6. The first-order chi connectivity index (χ1) is 17.7. The van der Waals surface area contributed by atoms with Gasteiger partial charge in [0.1, 0.15) is 4.83 Å². The number of benzene rings is 2. The fourth-order valence-corrected chi connectivity index (χ4v) is 7.02. The van der Waals surface area contributed by atoms with Crippen LogP contribution >= 0.6 is 23.1 Å². The molecule has 2 aliphatic heterocycles. The molecule has 0 atom stereocenters. The highest BCUT2D eigenvalue weighted by Crippen LogP contribution is 2.38. The van der Waals surface area contributed by atoms with Crippen molar-refractivity contribution in [3.63, 3.8) is 0 Å². The lowest BCUT2D eigenvalue weighted by Gasteiger charge is -2.29. The van der Waals surface area contributed by atoms with E-state index in [1.807, 2.05) is 45.0 Å². The minimum atomic E-state index is -0.346. The molecule has 4 heterocycles. The third-order valence-electron chi connectivity index (χ3n) is 6.76. The van der Waals surface area contributed by atoms with E-state index >= 15 is 0 Å². The highest BCUT2D eigenvalue weighted by Gasteiger charge is 2.35. The number of imide groups is 1. The molecule has 37 heavy (non-hydrogen) atoms. The molecule has 0 bridgehead atoms. The van der Waals surface area contributed by atoms with Gasteiger partial charge in [-0.2, -0.15) is 0 Å². The number of ether oxygens (including phenoxy) is 1. The van der Waals surface area contributed by atoms with E-state index in [1.54, 1.807) is 28.8 Å². The zero-order valence-corrected chi connectivity index (χ0v) is 22.4. The van der Waals surface area contributed by atoms with Gasteiger partial charge in [-0.05, 0) is 56.2 Å². The molecule has 0 spiro atoms. The highest BCUT2D eigenvalue weighted by molar-refractivity contribution is 7.99. The molecular weight excluding hydrogens is 506 g/mol. The first kappa shape index (κ1) is 24.1. The largest absolute Gasteiger partial charge is 0.370 e. The smallest absolute Gasteiger partial charge is 0.267 e. The van der Waals surface area contributed by atoms with E-state index in [4.69, 9.17) is 9.72 Å². The van der Waals surface area contributed by atoms with Crippen LogP contribution in [0.1, 0.15) is 50.6 Å². The highest BCUT2D eigenvalue weighted by atomic mass is 32.2. The van der Waals surface area contributed by atoms with Crippen molar-refractivity contribution in [2.24, 2.45) is 0 Å². The Kier molecular flexibility index (Phi) is 5.82. The molecule has 188 valence electrons. The van der Waals surface area contributed by atoms with Crippen molar-refractivity contribution in [3.05, 3.63) is 86.0 Å². The molecule has 2 aliphatic rings. The molecule has 9 heteroatoms. The fraction of sp³-hybridized carbons (Fsp3) is 0.286. The normalized spacial score (nSPS) is 16.4. The predicted octanol–water partition coefficient (Wildman–Crippen LogP) is 5.00. The van der Waals surface area contributed by atoms with Gasteiger partial charge in [0.15, 0.2) is 5.16 Å². The molecule has 7 nitrogen and oxygen atoms in total. The Morgan fingerprint density at radius 2 is 1.78 bits per heavy atom. The van der Waals surface area contributed by atoms with Crippen LogP contribution in [0, 0.1) is 6.92 Å². The SMILES string of the molecule is Cc1cccc(-n2c(SCCN3C(=O)c4ccccc4C3=O)nc3sc4c(c3c2=O)CC(C)(C)OC4)c1. The zero-order chi connectivity index (χ0) is 25.9. The standard InChI is InChI=1S/C28H25N3O4S2/c1-16-7-6-8-17(13-16)31-26(34)22-20-14-28(2,3)35-15-21(20)37-23(22)29-27(31)36-12-11-30-24(32)18-9-4-5-10-19(18)25(30)33/h4-10,13H,11-12,14-15H2,1-3H3. The lowest BCUT2D eigenvalue weighted by Crippen LogP contribution is -2.32. The van der Waals surface area contributed by atoms with Crippen LogP contribution in [-0.4, -0.2) is 44.2 Å². The molecule has 0 N–H and O–H groups in total. The third kappa shape index (κ3) is 4.11. The molecule has 0 saturated carbocycles. The maximum atomic E-state index is 14.0. The Balaban J connectivity index is 1.38. The van der Waals surface area contributed by atoms with Gasteiger partial charge in [-0.15, -0.1) is 11.3 Å². The second-order valence-electron chi connectivity index (χ2n) is 9.94. The average molecular weight is 532 g/mol. The van der Waals surface area contributed by atoms with Gasteiger partial charge in [0.2, 0.25) is 0 Å². The van der Waals surface area contributed by atoms with E-state index in [9.17, 15) is 14.4 Å². The van der Waals surface area contributed by atoms with Crippen molar-refractivity contribution in [3.8, 4) is 5.69 Å². The van der Waals surface area contributed by atoms with Gasteiger partial charge in [-0.3, -0.25) is 23.9 Å². The summed E-state index contributed by atoms with van der Waals surface area (Å²) < 4.78 is 7.65. The number of fused-ring (bicyclic) bond motifs is 4. The van der Waals surface area contributed by atoms with E-state index in [2.05, 4.69) is 0 Å². The maximum absolute atomic E-state index is 14.0. The minimum Gasteiger partial charge on any atom is -0.370 e. The average Bonchev–Trinajstić information content (AvgIpc) is 3.33. The van der Waals surface area contributed by atoms with Crippen molar-refractivity contribution in [2.45, 2.75) is 44.6 Å². The molecule has 0 unspecified atom stereocenters. The van der Waals surface area contributed by atoms with Crippen LogP contribution in [0.5, 0.6) is 0 Å². The first-order valence-corrected chi connectivity index (χ1v) is 13.9.